The molecule has 0 spiro atoms. The number of imidazole rings is 1. The van der Waals surface area contributed by atoms with Gasteiger partial charge in [-0.25, -0.2) is 13.4 Å². The zero-order valence-corrected chi connectivity index (χ0v) is 20.1. The van der Waals surface area contributed by atoms with Crippen LogP contribution in [0.3, 0.4) is 0 Å². The predicted molar refractivity (Wildman–Crippen MR) is 130 cm³/mol. The van der Waals surface area contributed by atoms with Crippen LogP contribution >= 0.6 is 11.6 Å². The maximum absolute atomic E-state index is 13.0. The van der Waals surface area contributed by atoms with Gasteiger partial charge in [0.15, 0.2) is 0 Å². The zero-order chi connectivity index (χ0) is 24.1. The Bertz CT molecular complexity index is 1420. The Labute approximate surface area is 203 Å². The molecule has 2 heterocycles. The number of nitrogens with one attached hydrogen (secondary N) is 1. The molecule has 0 bridgehead atoms. The van der Waals surface area contributed by atoms with Crippen molar-refractivity contribution in [1.82, 2.24) is 14.7 Å². The second-order valence-corrected chi connectivity index (χ2v) is 10.1. The van der Waals surface area contributed by atoms with Gasteiger partial charge in [0.25, 0.3) is 5.91 Å². The number of benzene rings is 2. The van der Waals surface area contributed by atoms with Crippen LogP contribution in [0.15, 0.2) is 83.0 Å². The molecule has 7 nitrogen and oxygen atoms in total. The normalized spacial score (nSPS) is 11.5. The second kappa shape index (κ2) is 10.3. The van der Waals surface area contributed by atoms with Gasteiger partial charge in [-0.1, -0.05) is 37.1 Å². The Morgan fingerprint density at radius 3 is 2.59 bits per heavy atom. The van der Waals surface area contributed by atoms with Crippen molar-refractivity contribution >= 4 is 33.0 Å². The van der Waals surface area contributed by atoms with Crippen molar-refractivity contribution in [3.8, 4) is 5.75 Å². The molecule has 9 heteroatoms. The van der Waals surface area contributed by atoms with Gasteiger partial charge in [0.1, 0.15) is 11.4 Å². The molecular formula is C25H24ClN3O4S. The lowest BCUT2D eigenvalue weighted by Crippen LogP contribution is -2.23. The molecule has 0 saturated heterocycles. The number of sulfone groups is 1. The summed E-state index contributed by atoms with van der Waals surface area (Å²) in [5, 5.41) is 3.10. The fourth-order valence-electron chi connectivity index (χ4n) is 3.35. The summed E-state index contributed by atoms with van der Waals surface area (Å²) < 4.78 is 33.4. The molecular weight excluding hydrogens is 474 g/mol. The number of halogens is 1. The molecule has 0 atom stereocenters. The molecule has 176 valence electrons. The van der Waals surface area contributed by atoms with E-state index in [0.29, 0.717) is 17.9 Å². The van der Waals surface area contributed by atoms with Crippen molar-refractivity contribution in [3.05, 3.63) is 89.3 Å². The van der Waals surface area contributed by atoms with E-state index in [1.165, 1.54) is 24.3 Å². The molecule has 1 amide bonds. The van der Waals surface area contributed by atoms with E-state index in [9.17, 15) is 13.2 Å². The minimum Gasteiger partial charge on any atom is -0.492 e. The van der Waals surface area contributed by atoms with Crippen LogP contribution in [0.2, 0.25) is 5.02 Å². The highest BCUT2D eigenvalue weighted by Gasteiger charge is 2.19. The maximum atomic E-state index is 13.0. The Hall–Kier alpha value is -3.36. The largest absolute Gasteiger partial charge is 0.492 e. The number of pyridine rings is 1. The SMILES string of the molecule is CCCCOc1ccc(S(=O)(=O)c2ccc(CNC(=O)c3ccc4nccn4c3)cc2)cc1Cl. The van der Waals surface area contributed by atoms with E-state index < -0.39 is 9.84 Å². The number of carbonyl (C=O) groups excluding carboxylic acids is 1. The quantitative estimate of drug-likeness (QED) is 0.331. The number of fused-ring (bicyclic) bond motifs is 1. The molecule has 0 aliphatic carbocycles. The molecule has 2 aromatic heterocycles. The van der Waals surface area contributed by atoms with Crippen LogP contribution in [0.1, 0.15) is 35.7 Å². The molecule has 4 aromatic rings. The first-order chi connectivity index (χ1) is 16.4. The van der Waals surface area contributed by atoms with Gasteiger partial charge in [-0.15, -0.1) is 0 Å². The first-order valence-corrected chi connectivity index (χ1v) is 12.7. The number of unbranched alkanes of at least 4 members (excludes halogenated alkanes) is 1. The molecule has 0 aliphatic heterocycles. The number of hydrogen-bond acceptors (Lipinski definition) is 5. The van der Waals surface area contributed by atoms with E-state index >= 15 is 0 Å². The van der Waals surface area contributed by atoms with Crippen molar-refractivity contribution in [2.45, 2.75) is 36.1 Å². The highest BCUT2D eigenvalue weighted by atomic mass is 35.5. The van der Waals surface area contributed by atoms with Crippen molar-refractivity contribution in [3.63, 3.8) is 0 Å². The van der Waals surface area contributed by atoms with Crippen LogP contribution in [-0.4, -0.2) is 30.3 Å². The molecule has 4 rings (SSSR count). The monoisotopic (exact) mass is 497 g/mol. The smallest absolute Gasteiger partial charge is 0.253 e. The third-order valence-electron chi connectivity index (χ3n) is 5.31. The number of nitrogens with zero attached hydrogens (tertiary/aromatic N) is 2. The van der Waals surface area contributed by atoms with Gasteiger partial charge >= 0.3 is 0 Å². The van der Waals surface area contributed by atoms with Gasteiger partial charge in [0, 0.05) is 25.1 Å². The summed E-state index contributed by atoms with van der Waals surface area (Å²) in [6.07, 6.45) is 7.02. The fourth-order valence-corrected chi connectivity index (χ4v) is 4.94. The molecule has 0 aliphatic rings. The van der Waals surface area contributed by atoms with Crippen LogP contribution in [-0.2, 0) is 16.4 Å². The van der Waals surface area contributed by atoms with Gasteiger partial charge in [0.2, 0.25) is 9.84 Å². The van der Waals surface area contributed by atoms with Crippen LogP contribution in [0, 0.1) is 0 Å². The Balaban J connectivity index is 1.42. The van der Waals surface area contributed by atoms with Gasteiger partial charge in [0.05, 0.1) is 27.0 Å². The average Bonchev–Trinajstić information content (AvgIpc) is 3.32. The van der Waals surface area contributed by atoms with E-state index in [1.807, 2.05) is 0 Å². The number of hydrogen-bond donors (Lipinski definition) is 1. The highest BCUT2D eigenvalue weighted by molar-refractivity contribution is 7.91. The molecule has 0 unspecified atom stereocenters. The summed E-state index contributed by atoms with van der Waals surface area (Å²) >= 11 is 6.24. The first-order valence-electron chi connectivity index (χ1n) is 10.9. The topological polar surface area (TPSA) is 89.8 Å². The number of aromatic nitrogens is 2. The van der Waals surface area contributed by atoms with Gasteiger partial charge in [-0.05, 0) is 54.4 Å². The highest BCUT2D eigenvalue weighted by Crippen LogP contribution is 2.30. The van der Waals surface area contributed by atoms with Crippen molar-refractivity contribution in [2.24, 2.45) is 0 Å². The average molecular weight is 498 g/mol. The van der Waals surface area contributed by atoms with Gasteiger partial charge < -0.3 is 14.5 Å². The second-order valence-electron chi connectivity index (χ2n) is 7.73. The standard InChI is InChI=1S/C25H24ClN3O4S/c1-2-3-14-33-23-10-9-21(15-22(23)26)34(31,32)20-7-4-18(5-8-20)16-28-25(30)19-6-11-24-27-12-13-29(24)17-19/h4-13,15,17H,2-3,14,16H2,1H3,(H,28,30). The number of ether oxygens (including phenoxy) is 1. The fraction of sp³-hybridized carbons (Fsp3) is 0.200. The summed E-state index contributed by atoms with van der Waals surface area (Å²) in [4.78, 5) is 16.9. The number of carbonyl (C=O) groups is 1. The molecule has 0 radical (unpaired) electrons. The summed E-state index contributed by atoms with van der Waals surface area (Å²) in [6.45, 7) is 2.84. The lowest BCUT2D eigenvalue weighted by molar-refractivity contribution is 0.0950. The Morgan fingerprint density at radius 2 is 1.85 bits per heavy atom. The Kier molecular flexibility index (Phi) is 7.19. The van der Waals surface area contributed by atoms with E-state index in [0.717, 1.165) is 24.1 Å². The molecule has 0 fully saturated rings. The maximum Gasteiger partial charge on any atom is 0.253 e. The van der Waals surface area contributed by atoms with Gasteiger partial charge in [-0.3, -0.25) is 4.79 Å². The summed E-state index contributed by atoms with van der Waals surface area (Å²) in [6, 6.07) is 14.4. The van der Waals surface area contributed by atoms with Gasteiger partial charge in [-0.2, -0.15) is 0 Å². The third kappa shape index (κ3) is 5.24. The molecule has 34 heavy (non-hydrogen) atoms. The van der Waals surface area contributed by atoms with Crippen LogP contribution < -0.4 is 10.1 Å². The van der Waals surface area contributed by atoms with E-state index in [4.69, 9.17) is 16.3 Å². The molecule has 0 saturated carbocycles. The lowest BCUT2D eigenvalue weighted by Gasteiger charge is -2.11. The summed E-state index contributed by atoms with van der Waals surface area (Å²) in [7, 11) is -3.75. The van der Waals surface area contributed by atoms with E-state index in [2.05, 4.69) is 17.2 Å². The minimum absolute atomic E-state index is 0.0938. The summed E-state index contributed by atoms with van der Waals surface area (Å²) in [5.41, 5.74) is 2.03. The number of amides is 1. The minimum atomic E-state index is -3.75. The van der Waals surface area contributed by atoms with Crippen LogP contribution in [0.4, 0.5) is 0 Å². The van der Waals surface area contributed by atoms with Crippen molar-refractivity contribution < 1.29 is 17.9 Å². The third-order valence-corrected chi connectivity index (χ3v) is 7.37. The van der Waals surface area contributed by atoms with Crippen LogP contribution in [0.5, 0.6) is 5.75 Å². The summed E-state index contributed by atoms with van der Waals surface area (Å²) in [5.74, 6) is 0.232. The van der Waals surface area contributed by atoms with E-state index in [1.54, 1.807) is 53.3 Å². The van der Waals surface area contributed by atoms with Crippen LogP contribution in [0.25, 0.3) is 5.65 Å². The molecule has 1 N–H and O–H groups in total. The molecule has 2 aromatic carbocycles. The lowest BCUT2D eigenvalue weighted by atomic mass is 10.2. The predicted octanol–water partition coefficient (Wildman–Crippen LogP) is 4.93. The Morgan fingerprint density at radius 1 is 1.09 bits per heavy atom. The number of rotatable bonds is 9. The zero-order valence-electron chi connectivity index (χ0n) is 18.6. The van der Waals surface area contributed by atoms with Crippen molar-refractivity contribution in [1.29, 1.82) is 0 Å². The van der Waals surface area contributed by atoms with E-state index in [-0.39, 0.29) is 27.3 Å². The first kappa shape index (κ1) is 23.8. The van der Waals surface area contributed by atoms with Crippen molar-refractivity contribution in [2.75, 3.05) is 6.61 Å².